The third-order valence-electron chi connectivity index (χ3n) is 5.93. The summed E-state index contributed by atoms with van der Waals surface area (Å²) in [5.74, 6) is 2.76. The number of para-hydroxylation sites is 1. The van der Waals surface area contributed by atoms with Gasteiger partial charge in [0.2, 0.25) is 0 Å². The molecular formula is C25H36ClNO3. The fourth-order valence-corrected chi connectivity index (χ4v) is 4.16. The van der Waals surface area contributed by atoms with E-state index in [1.54, 1.807) is 14.2 Å². The summed E-state index contributed by atoms with van der Waals surface area (Å²) in [7, 11) is 5.62. The Morgan fingerprint density at radius 2 is 1.67 bits per heavy atom. The first-order chi connectivity index (χ1) is 14.2. The molecule has 2 aromatic carbocycles. The molecule has 0 bridgehead atoms. The van der Waals surface area contributed by atoms with Crippen LogP contribution in [-0.4, -0.2) is 45.4 Å². The van der Waals surface area contributed by atoms with Crippen LogP contribution in [0.25, 0.3) is 0 Å². The molecule has 5 heteroatoms. The second kappa shape index (κ2) is 12.7. The molecule has 0 aliphatic carbocycles. The molecule has 0 saturated carbocycles. The fraction of sp³-hybridized carbons (Fsp3) is 0.520. The number of likely N-dealkylation sites (tertiary alicyclic amines) is 1. The number of rotatable bonds is 11. The Balaban J connectivity index is 0.00000320. The van der Waals surface area contributed by atoms with Crippen molar-refractivity contribution < 1.29 is 14.2 Å². The first-order valence-electron chi connectivity index (χ1n) is 10.8. The molecule has 1 heterocycles. The highest BCUT2D eigenvalue weighted by Crippen LogP contribution is 2.25. The summed E-state index contributed by atoms with van der Waals surface area (Å²) in [5.41, 5.74) is 2.57. The van der Waals surface area contributed by atoms with Crippen LogP contribution >= 0.6 is 12.4 Å². The monoisotopic (exact) mass is 433 g/mol. The number of nitrogens with zero attached hydrogens (tertiary/aromatic N) is 1. The Kier molecular flexibility index (Phi) is 10.3. The molecule has 1 atom stereocenters. The summed E-state index contributed by atoms with van der Waals surface area (Å²) in [5, 5.41) is 0. The molecule has 2 aromatic rings. The topological polar surface area (TPSA) is 30.9 Å². The molecule has 1 aliphatic rings. The Morgan fingerprint density at radius 1 is 0.967 bits per heavy atom. The second-order valence-corrected chi connectivity index (χ2v) is 7.95. The van der Waals surface area contributed by atoms with Gasteiger partial charge in [-0.1, -0.05) is 18.2 Å². The zero-order chi connectivity index (χ0) is 20.5. The van der Waals surface area contributed by atoms with Gasteiger partial charge < -0.3 is 19.1 Å². The molecule has 1 unspecified atom stereocenters. The van der Waals surface area contributed by atoms with Gasteiger partial charge in [0.1, 0.15) is 17.2 Å². The van der Waals surface area contributed by atoms with Crippen LogP contribution in [0.15, 0.2) is 42.5 Å². The van der Waals surface area contributed by atoms with Crippen LogP contribution in [0.2, 0.25) is 0 Å². The largest absolute Gasteiger partial charge is 0.497 e. The van der Waals surface area contributed by atoms with Gasteiger partial charge in [0.15, 0.2) is 0 Å². The van der Waals surface area contributed by atoms with E-state index in [1.165, 1.54) is 30.5 Å². The molecule has 1 fully saturated rings. The molecular weight excluding hydrogens is 398 g/mol. The van der Waals surface area contributed by atoms with Crippen molar-refractivity contribution in [3.63, 3.8) is 0 Å². The number of methoxy groups -OCH3 is 2. The van der Waals surface area contributed by atoms with Crippen molar-refractivity contribution in [1.29, 1.82) is 0 Å². The lowest BCUT2D eigenvalue weighted by atomic mass is 10.0. The molecule has 0 amide bonds. The summed E-state index contributed by atoms with van der Waals surface area (Å²) in [6.07, 6.45) is 8.05. The van der Waals surface area contributed by atoms with Crippen LogP contribution in [0, 0.1) is 0 Å². The number of unbranched alkanes of at least 4 members (excludes halogenated alkanes) is 1. The number of benzene rings is 2. The fourth-order valence-electron chi connectivity index (χ4n) is 4.16. The van der Waals surface area contributed by atoms with Crippen molar-refractivity contribution >= 4 is 12.4 Å². The van der Waals surface area contributed by atoms with Crippen molar-refractivity contribution in [2.45, 2.75) is 51.0 Å². The minimum Gasteiger partial charge on any atom is -0.497 e. The molecule has 0 spiro atoms. The van der Waals surface area contributed by atoms with Crippen LogP contribution in [0.1, 0.15) is 43.2 Å². The van der Waals surface area contributed by atoms with Crippen LogP contribution in [0.5, 0.6) is 17.2 Å². The van der Waals surface area contributed by atoms with Gasteiger partial charge in [-0.25, -0.2) is 0 Å². The molecule has 166 valence electrons. The Bertz CT molecular complexity index is 746. The molecule has 1 saturated heterocycles. The lowest BCUT2D eigenvalue weighted by Crippen LogP contribution is -2.26. The Hall–Kier alpha value is -1.91. The molecule has 0 N–H and O–H groups in total. The van der Waals surface area contributed by atoms with Crippen molar-refractivity contribution in [1.82, 2.24) is 4.90 Å². The summed E-state index contributed by atoms with van der Waals surface area (Å²) in [6.45, 7) is 2.02. The highest BCUT2D eigenvalue weighted by Gasteiger charge is 2.20. The molecule has 30 heavy (non-hydrogen) atoms. The van der Waals surface area contributed by atoms with E-state index >= 15 is 0 Å². The van der Waals surface area contributed by atoms with Crippen molar-refractivity contribution in [3.05, 3.63) is 53.6 Å². The average Bonchev–Trinajstić information content (AvgIpc) is 3.16. The van der Waals surface area contributed by atoms with Gasteiger partial charge in [0.25, 0.3) is 0 Å². The van der Waals surface area contributed by atoms with Crippen LogP contribution in [-0.2, 0) is 12.8 Å². The zero-order valence-corrected chi connectivity index (χ0v) is 19.4. The van der Waals surface area contributed by atoms with E-state index in [0.717, 1.165) is 56.0 Å². The van der Waals surface area contributed by atoms with Gasteiger partial charge in [-0.3, -0.25) is 0 Å². The molecule has 3 rings (SSSR count). The SMILES string of the molecule is COc1cc(CCCCc2ccccc2OCCC2CCCN2C)cc(OC)c1.Cl. The Morgan fingerprint density at radius 3 is 2.33 bits per heavy atom. The molecule has 1 aliphatic heterocycles. The van der Waals surface area contributed by atoms with Crippen molar-refractivity contribution in [2.75, 3.05) is 34.4 Å². The normalized spacial score (nSPS) is 16.2. The lowest BCUT2D eigenvalue weighted by molar-refractivity contribution is 0.232. The first kappa shape index (κ1) is 24.4. The molecule has 4 nitrogen and oxygen atoms in total. The zero-order valence-electron chi connectivity index (χ0n) is 18.6. The van der Waals surface area contributed by atoms with Gasteiger partial charge in [-0.15, -0.1) is 12.4 Å². The smallest absolute Gasteiger partial charge is 0.122 e. The second-order valence-electron chi connectivity index (χ2n) is 7.95. The van der Waals surface area contributed by atoms with Crippen LogP contribution < -0.4 is 14.2 Å². The quantitative estimate of drug-likeness (QED) is 0.434. The van der Waals surface area contributed by atoms with E-state index < -0.39 is 0 Å². The highest BCUT2D eigenvalue weighted by atomic mass is 35.5. The summed E-state index contributed by atoms with van der Waals surface area (Å²) in [6, 6.07) is 15.3. The minimum absolute atomic E-state index is 0. The predicted molar refractivity (Wildman–Crippen MR) is 126 cm³/mol. The van der Waals surface area contributed by atoms with E-state index in [0.29, 0.717) is 6.04 Å². The number of aryl methyl sites for hydroxylation is 2. The maximum Gasteiger partial charge on any atom is 0.122 e. The maximum absolute atomic E-state index is 6.16. The van der Waals surface area contributed by atoms with Gasteiger partial charge in [0, 0.05) is 12.1 Å². The van der Waals surface area contributed by atoms with E-state index in [1.807, 2.05) is 6.07 Å². The average molecular weight is 434 g/mol. The summed E-state index contributed by atoms with van der Waals surface area (Å²) in [4.78, 5) is 2.46. The summed E-state index contributed by atoms with van der Waals surface area (Å²) < 4.78 is 16.9. The van der Waals surface area contributed by atoms with E-state index in [4.69, 9.17) is 14.2 Å². The molecule has 0 radical (unpaired) electrons. The van der Waals surface area contributed by atoms with Crippen LogP contribution in [0.3, 0.4) is 0 Å². The predicted octanol–water partition coefficient (Wildman–Crippen LogP) is 5.55. The van der Waals surface area contributed by atoms with Gasteiger partial charge in [-0.05, 0) is 87.9 Å². The third kappa shape index (κ3) is 7.10. The number of hydrogen-bond donors (Lipinski definition) is 0. The van der Waals surface area contributed by atoms with Gasteiger partial charge in [0.05, 0.1) is 20.8 Å². The van der Waals surface area contributed by atoms with Crippen LogP contribution in [0.4, 0.5) is 0 Å². The van der Waals surface area contributed by atoms with Gasteiger partial charge >= 0.3 is 0 Å². The van der Waals surface area contributed by atoms with Crippen molar-refractivity contribution in [2.24, 2.45) is 0 Å². The summed E-state index contributed by atoms with van der Waals surface area (Å²) >= 11 is 0. The number of hydrogen-bond acceptors (Lipinski definition) is 4. The standard InChI is InChI=1S/C25H35NO3.ClH/c1-26-15-8-12-22(26)14-16-29-25-13-7-6-11-21(25)10-5-4-9-20-17-23(27-2)19-24(18-20)28-3;/h6-7,11,13,17-19,22H,4-5,8-10,12,14-16H2,1-3H3;1H. The van der Waals surface area contributed by atoms with E-state index in [-0.39, 0.29) is 12.4 Å². The number of ether oxygens (including phenoxy) is 3. The minimum atomic E-state index is 0. The van der Waals surface area contributed by atoms with E-state index in [2.05, 4.69) is 48.3 Å². The lowest BCUT2D eigenvalue weighted by Gasteiger charge is -2.20. The number of halogens is 1. The van der Waals surface area contributed by atoms with Gasteiger partial charge in [-0.2, -0.15) is 0 Å². The van der Waals surface area contributed by atoms with Crippen molar-refractivity contribution in [3.8, 4) is 17.2 Å². The van der Waals surface area contributed by atoms with E-state index in [9.17, 15) is 0 Å². The Labute approximate surface area is 187 Å². The highest BCUT2D eigenvalue weighted by molar-refractivity contribution is 5.85. The first-order valence-corrected chi connectivity index (χ1v) is 10.8. The maximum atomic E-state index is 6.16. The molecule has 0 aromatic heterocycles. The third-order valence-corrected chi connectivity index (χ3v) is 5.93.